The molecule has 116 valence electrons. The number of hydrogen-bond donors (Lipinski definition) is 1. The third kappa shape index (κ3) is 3.72. The average molecular weight is 310 g/mol. The number of rotatable bonds is 4. The fraction of sp³-hybridized carbons (Fsp3) is 0.214. The maximum Gasteiger partial charge on any atom is 0.433 e. The number of anilines is 1. The molecule has 2 aromatic rings. The lowest BCUT2D eigenvalue weighted by Crippen LogP contribution is -2.21. The molecule has 0 aliphatic rings. The van der Waals surface area contributed by atoms with Gasteiger partial charge >= 0.3 is 6.18 Å². The van der Waals surface area contributed by atoms with Crippen molar-refractivity contribution in [3.63, 3.8) is 0 Å². The number of carbonyl (C=O) groups excluding carboxylic acids is 1. The van der Waals surface area contributed by atoms with Crippen LogP contribution in [0.25, 0.3) is 0 Å². The Labute approximate surface area is 124 Å². The van der Waals surface area contributed by atoms with E-state index in [1.54, 1.807) is 31.3 Å². The summed E-state index contributed by atoms with van der Waals surface area (Å²) in [6, 6.07) is 7.27. The number of amides is 1. The van der Waals surface area contributed by atoms with Gasteiger partial charge in [0.05, 0.1) is 0 Å². The van der Waals surface area contributed by atoms with Crippen LogP contribution in [0.5, 0.6) is 0 Å². The second-order valence-electron chi connectivity index (χ2n) is 4.66. The van der Waals surface area contributed by atoms with Crippen molar-refractivity contribution >= 4 is 11.9 Å². The maximum absolute atomic E-state index is 12.6. The van der Waals surface area contributed by atoms with E-state index < -0.39 is 17.8 Å². The van der Waals surface area contributed by atoms with Gasteiger partial charge in [-0.15, -0.1) is 0 Å². The van der Waals surface area contributed by atoms with E-state index >= 15 is 0 Å². The van der Waals surface area contributed by atoms with E-state index in [0.717, 1.165) is 17.8 Å². The molecule has 2 rings (SSSR count). The standard InChI is InChI=1S/C14H13F3N4O/c1-21(8-9-2-4-10(5-3-9)12(18)22)13-19-7-6-11(20-13)14(15,16)17/h2-7H,8H2,1H3,(H2,18,22). The number of aromatic nitrogens is 2. The van der Waals surface area contributed by atoms with Crippen LogP contribution >= 0.6 is 0 Å². The summed E-state index contributed by atoms with van der Waals surface area (Å²) in [5.41, 5.74) is 5.29. The highest BCUT2D eigenvalue weighted by atomic mass is 19.4. The summed E-state index contributed by atoms with van der Waals surface area (Å²) in [6.07, 6.45) is -3.44. The summed E-state index contributed by atoms with van der Waals surface area (Å²) >= 11 is 0. The normalized spacial score (nSPS) is 11.3. The number of benzene rings is 1. The highest BCUT2D eigenvalue weighted by molar-refractivity contribution is 5.92. The molecule has 2 N–H and O–H groups in total. The molecule has 1 aromatic carbocycles. The first-order valence-electron chi connectivity index (χ1n) is 6.27. The van der Waals surface area contributed by atoms with Gasteiger partial charge in [0.25, 0.3) is 0 Å². The van der Waals surface area contributed by atoms with Crippen LogP contribution < -0.4 is 10.6 Å². The van der Waals surface area contributed by atoms with Gasteiger partial charge in [0.15, 0.2) is 0 Å². The molecule has 0 saturated heterocycles. The summed E-state index contributed by atoms with van der Waals surface area (Å²) in [7, 11) is 1.58. The SMILES string of the molecule is CN(Cc1ccc(C(N)=O)cc1)c1nccc(C(F)(F)F)n1. The minimum Gasteiger partial charge on any atom is -0.366 e. The van der Waals surface area contributed by atoms with Crippen molar-refractivity contribution in [1.29, 1.82) is 0 Å². The Morgan fingerprint density at radius 3 is 2.41 bits per heavy atom. The minimum atomic E-state index is -4.51. The van der Waals surface area contributed by atoms with Crippen LogP contribution in [0.2, 0.25) is 0 Å². The molecule has 8 heteroatoms. The van der Waals surface area contributed by atoms with Crippen molar-refractivity contribution < 1.29 is 18.0 Å². The van der Waals surface area contributed by atoms with E-state index in [1.807, 2.05) is 0 Å². The Morgan fingerprint density at radius 1 is 1.23 bits per heavy atom. The molecule has 0 saturated carbocycles. The van der Waals surface area contributed by atoms with E-state index in [1.165, 1.54) is 4.90 Å². The first kappa shape index (κ1) is 15.7. The summed E-state index contributed by atoms with van der Waals surface area (Å²) in [5, 5.41) is 0. The number of primary amides is 1. The van der Waals surface area contributed by atoms with Gasteiger partial charge in [0.1, 0.15) is 5.69 Å². The van der Waals surface area contributed by atoms with Crippen LogP contribution in [0, 0.1) is 0 Å². The molecule has 0 aliphatic carbocycles. The van der Waals surface area contributed by atoms with Crippen molar-refractivity contribution in [3.8, 4) is 0 Å². The second-order valence-corrected chi connectivity index (χ2v) is 4.66. The van der Waals surface area contributed by atoms with Gasteiger partial charge in [-0.1, -0.05) is 12.1 Å². The van der Waals surface area contributed by atoms with Gasteiger partial charge in [-0.05, 0) is 23.8 Å². The van der Waals surface area contributed by atoms with Crippen molar-refractivity contribution in [3.05, 3.63) is 53.3 Å². The Balaban J connectivity index is 2.15. The van der Waals surface area contributed by atoms with Crippen molar-refractivity contribution in [1.82, 2.24) is 9.97 Å². The number of nitrogens with two attached hydrogens (primary N) is 1. The van der Waals surface area contributed by atoms with Gasteiger partial charge in [0.2, 0.25) is 11.9 Å². The van der Waals surface area contributed by atoms with Crippen LogP contribution in [0.4, 0.5) is 19.1 Å². The zero-order valence-corrected chi connectivity index (χ0v) is 11.6. The fourth-order valence-electron chi connectivity index (χ4n) is 1.81. The maximum atomic E-state index is 12.6. The van der Waals surface area contributed by atoms with Crippen molar-refractivity contribution in [2.24, 2.45) is 5.73 Å². The zero-order chi connectivity index (χ0) is 16.3. The molecule has 0 bridgehead atoms. The number of hydrogen-bond acceptors (Lipinski definition) is 4. The first-order chi connectivity index (χ1) is 10.3. The molecule has 0 unspecified atom stereocenters. The molecule has 5 nitrogen and oxygen atoms in total. The Kier molecular flexibility index (Phi) is 4.30. The van der Waals surface area contributed by atoms with Crippen molar-refractivity contribution in [2.45, 2.75) is 12.7 Å². The van der Waals surface area contributed by atoms with Crippen LogP contribution in [0.15, 0.2) is 36.5 Å². The minimum absolute atomic E-state index is 0.0335. The largest absolute Gasteiger partial charge is 0.433 e. The molecule has 1 amide bonds. The molecule has 1 heterocycles. The van der Waals surface area contributed by atoms with Gasteiger partial charge < -0.3 is 10.6 Å². The van der Waals surface area contributed by atoms with Crippen LogP contribution in [0.3, 0.4) is 0 Å². The first-order valence-corrected chi connectivity index (χ1v) is 6.27. The van der Waals surface area contributed by atoms with Crippen LogP contribution in [-0.4, -0.2) is 22.9 Å². The highest BCUT2D eigenvalue weighted by Gasteiger charge is 2.33. The predicted molar refractivity (Wildman–Crippen MR) is 74.1 cm³/mol. The van der Waals surface area contributed by atoms with Gasteiger partial charge in [0, 0.05) is 25.4 Å². The quantitative estimate of drug-likeness (QED) is 0.940. The Morgan fingerprint density at radius 2 is 1.86 bits per heavy atom. The molecule has 0 aliphatic heterocycles. The lowest BCUT2D eigenvalue weighted by atomic mass is 10.1. The average Bonchev–Trinajstić information content (AvgIpc) is 2.47. The smallest absolute Gasteiger partial charge is 0.366 e. The number of carbonyl (C=O) groups is 1. The molecular weight excluding hydrogens is 297 g/mol. The molecule has 0 spiro atoms. The molecule has 22 heavy (non-hydrogen) atoms. The summed E-state index contributed by atoms with van der Waals surface area (Å²) in [5.74, 6) is -0.574. The van der Waals surface area contributed by atoms with Crippen LogP contribution in [-0.2, 0) is 12.7 Å². The summed E-state index contributed by atoms with van der Waals surface area (Å²) in [4.78, 5) is 19.8. The third-order valence-corrected chi connectivity index (χ3v) is 2.93. The number of halogens is 3. The van der Waals surface area contributed by atoms with E-state index in [0.29, 0.717) is 12.1 Å². The lowest BCUT2D eigenvalue weighted by molar-refractivity contribution is -0.141. The van der Waals surface area contributed by atoms with Crippen molar-refractivity contribution in [2.75, 3.05) is 11.9 Å². The molecular formula is C14H13F3N4O. The van der Waals surface area contributed by atoms with Gasteiger partial charge in [-0.3, -0.25) is 4.79 Å². The van der Waals surface area contributed by atoms with E-state index in [-0.39, 0.29) is 5.95 Å². The number of alkyl halides is 3. The van der Waals surface area contributed by atoms with Gasteiger partial charge in [-0.2, -0.15) is 13.2 Å². The molecule has 1 aromatic heterocycles. The van der Waals surface area contributed by atoms with E-state index in [9.17, 15) is 18.0 Å². The monoisotopic (exact) mass is 310 g/mol. The lowest BCUT2D eigenvalue weighted by Gasteiger charge is -2.18. The third-order valence-electron chi connectivity index (χ3n) is 2.93. The second kappa shape index (κ2) is 6.00. The van der Waals surface area contributed by atoms with E-state index in [4.69, 9.17) is 5.73 Å². The summed E-state index contributed by atoms with van der Waals surface area (Å²) in [6.45, 7) is 0.292. The van der Waals surface area contributed by atoms with E-state index in [2.05, 4.69) is 9.97 Å². The van der Waals surface area contributed by atoms with Crippen LogP contribution in [0.1, 0.15) is 21.6 Å². The fourth-order valence-corrected chi connectivity index (χ4v) is 1.81. The Hall–Kier alpha value is -2.64. The molecule has 0 atom stereocenters. The van der Waals surface area contributed by atoms with Gasteiger partial charge in [-0.25, -0.2) is 9.97 Å². The highest BCUT2D eigenvalue weighted by Crippen LogP contribution is 2.28. The zero-order valence-electron chi connectivity index (χ0n) is 11.6. The molecule has 0 fully saturated rings. The number of nitrogens with zero attached hydrogens (tertiary/aromatic N) is 3. The summed E-state index contributed by atoms with van der Waals surface area (Å²) < 4.78 is 37.9. The predicted octanol–water partition coefficient (Wildman–Crippen LogP) is 2.23. The topological polar surface area (TPSA) is 72.1 Å². The Bertz CT molecular complexity index is 671. The molecule has 0 radical (unpaired) electrons.